The van der Waals surface area contributed by atoms with Gasteiger partial charge < -0.3 is 23.7 Å². The van der Waals surface area contributed by atoms with Crippen LogP contribution in [0.1, 0.15) is 5.82 Å². The molecule has 0 atom stereocenters. The zero-order valence-corrected chi connectivity index (χ0v) is 15.7. The van der Waals surface area contributed by atoms with E-state index >= 15 is 0 Å². The molecule has 140 valence electrons. The molecule has 2 aromatic rings. The van der Waals surface area contributed by atoms with E-state index in [-0.39, 0.29) is 5.91 Å². The highest BCUT2D eigenvalue weighted by atomic mass is 32.2. The summed E-state index contributed by atoms with van der Waals surface area (Å²) in [6, 6.07) is 7.35. The van der Waals surface area contributed by atoms with Crippen molar-refractivity contribution in [3.8, 4) is 11.5 Å². The number of ether oxygens (including phenoxy) is 3. The molecule has 0 saturated carbocycles. The van der Waals surface area contributed by atoms with E-state index < -0.39 is 0 Å². The quantitative estimate of drug-likeness (QED) is 0.673. The first kappa shape index (κ1) is 18.5. The van der Waals surface area contributed by atoms with E-state index in [0.29, 0.717) is 49.6 Å². The fourth-order valence-electron chi connectivity index (χ4n) is 2.45. The Hall–Kier alpha value is -2.26. The van der Waals surface area contributed by atoms with Gasteiger partial charge >= 0.3 is 0 Å². The lowest BCUT2D eigenvalue weighted by Crippen LogP contribution is -2.41. The second-order valence-electron chi connectivity index (χ2n) is 5.70. The molecular weight excluding hydrogens is 356 g/mol. The minimum absolute atomic E-state index is 0.0948. The van der Waals surface area contributed by atoms with Crippen LogP contribution in [0.25, 0.3) is 0 Å². The number of amides is 1. The summed E-state index contributed by atoms with van der Waals surface area (Å²) in [5.74, 6) is 2.63. The number of methoxy groups -OCH3 is 1. The summed E-state index contributed by atoms with van der Waals surface area (Å²) in [5.41, 5.74) is 0. The number of rotatable bonds is 7. The maximum absolute atomic E-state index is 12.2. The fraction of sp³-hybridized carbons (Fsp3) is 0.471. The topological polar surface area (TPSA) is 78.7 Å². The van der Waals surface area contributed by atoms with Gasteiger partial charge in [-0.2, -0.15) is 0 Å². The minimum Gasteiger partial charge on any atom is -0.497 e. The second-order valence-corrected chi connectivity index (χ2v) is 6.65. The molecule has 1 aromatic heterocycles. The van der Waals surface area contributed by atoms with Gasteiger partial charge in [0.25, 0.3) is 0 Å². The lowest BCUT2D eigenvalue weighted by atomic mass is 10.3. The van der Waals surface area contributed by atoms with Gasteiger partial charge in [0.1, 0.15) is 18.1 Å². The smallest absolute Gasteiger partial charge is 0.233 e. The molecule has 0 spiro atoms. The zero-order chi connectivity index (χ0) is 18.4. The Morgan fingerprint density at radius 2 is 1.88 bits per heavy atom. The highest BCUT2D eigenvalue weighted by Gasteiger charge is 2.18. The normalized spacial score (nSPS) is 14.3. The number of thioether (sulfide) groups is 1. The van der Waals surface area contributed by atoms with Crippen LogP contribution >= 0.6 is 11.8 Å². The van der Waals surface area contributed by atoms with Crippen molar-refractivity contribution in [3.63, 3.8) is 0 Å². The number of hydrogen-bond donors (Lipinski definition) is 0. The zero-order valence-electron chi connectivity index (χ0n) is 14.9. The van der Waals surface area contributed by atoms with Crippen molar-refractivity contribution in [2.75, 3.05) is 39.2 Å². The first-order valence-electron chi connectivity index (χ1n) is 8.31. The monoisotopic (exact) mass is 378 g/mol. The van der Waals surface area contributed by atoms with Gasteiger partial charge in [-0.1, -0.05) is 11.8 Å². The highest BCUT2D eigenvalue weighted by Crippen LogP contribution is 2.20. The summed E-state index contributed by atoms with van der Waals surface area (Å²) in [6.45, 7) is 2.81. The number of benzene rings is 1. The maximum atomic E-state index is 12.2. The highest BCUT2D eigenvalue weighted by molar-refractivity contribution is 7.99. The second kappa shape index (κ2) is 8.91. The third-order valence-electron chi connectivity index (χ3n) is 4.04. The third-order valence-corrected chi connectivity index (χ3v) is 5.05. The Labute approximate surface area is 156 Å². The van der Waals surface area contributed by atoms with Gasteiger partial charge in [-0.25, -0.2) is 0 Å². The van der Waals surface area contributed by atoms with Gasteiger partial charge in [0, 0.05) is 20.1 Å². The standard InChI is InChI=1S/C17H22N4O4S/c1-20-15(11-25-14-5-3-13(23-2)4-6-14)18-19-17(20)26-12-16(22)21-7-9-24-10-8-21/h3-6H,7-12H2,1-2H3. The molecule has 1 saturated heterocycles. The number of aromatic nitrogens is 3. The van der Waals surface area contributed by atoms with E-state index in [2.05, 4.69) is 10.2 Å². The van der Waals surface area contributed by atoms with Gasteiger partial charge in [-0.15, -0.1) is 10.2 Å². The van der Waals surface area contributed by atoms with Crippen molar-refractivity contribution in [2.45, 2.75) is 11.8 Å². The van der Waals surface area contributed by atoms with Crippen LogP contribution in [-0.2, 0) is 23.2 Å². The molecule has 9 heteroatoms. The fourth-order valence-corrected chi connectivity index (χ4v) is 3.28. The molecule has 3 rings (SSSR count). The summed E-state index contributed by atoms with van der Waals surface area (Å²) in [5, 5.41) is 9.00. The van der Waals surface area contributed by atoms with E-state index in [1.165, 1.54) is 11.8 Å². The molecule has 8 nitrogen and oxygen atoms in total. The van der Waals surface area contributed by atoms with Gasteiger partial charge in [0.15, 0.2) is 11.0 Å². The van der Waals surface area contributed by atoms with Crippen LogP contribution in [0.15, 0.2) is 29.4 Å². The summed E-state index contributed by atoms with van der Waals surface area (Å²) in [4.78, 5) is 14.0. The molecule has 1 amide bonds. The largest absolute Gasteiger partial charge is 0.497 e. The lowest BCUT2D eigenvalue weighted by Gasteiger charge is -2.26. The van der Waals surface area contributed by atoms with Crippen LogP contribution in [0.5, 0.6) is 11.5 Å². The van der Waals surface area contributed by atoms with Crippen molar-refractivity contribution in [3.05, 3.63) is 30.1 Å². The summed E-state index contributed by atoms with van der Waals surface area (Å²) >= 11 is 1.38. The van der Waals surface area contributed by atoms with Gasteiger partial charge in [0.2, 0.25) is 5.91 Å². The average molecular weight is 378 g/mol. The van der Waals surface area contributed by atoms with E-state index in [4.69, 9.17) is 14.2 Å². The van der Waals surface area contributed by atoms with Crippen LogP contribution in [-0.4, -0.2) is 64.7 Å². The number of carbonyl (C=O) groups excluding carboxylic acids is 1. The van der Waals surface area contributed by atoms with Crippen molar-refractivity contribution < 1.29 is 19.0 Å². The van der Waals surface area contributed by atoms with Gasteiger partial charge in [-0.05, 0) is 24.3 Å². The summed E-state index contributed by atoms with van der Waals surface area (Å²) in [7, 11) is 3.49. The molecule has 1 aliphatic rings. The Balaban J connectivity index is 1.51. The van der Waals surface area contributed by atoms with E-state index in [1.807, 2.05) is 40.8 Å². The molecule has 1 aliphatic heterocycles. The third kappa shape index (κ3) is 4.67. The number of morpholine rings is 1. The minimum atomic E-state index is 0.0948. The van der Waals surface area contributed by atoms with Crippen molar-refractivity contribution in [2.24, 2.45) is 7.05 Å². The van der Waals surface area contributed by atoms with E-state index in [0.717, 1.165) is 11.5 Å². The molecule has 0 radical (unpaired) electrons. The number of nitrogens with zero attached hydrogens (tertiary/aromatic N) is 4. The SMILES string of the molecule is COc1ccc(OCc2nnc(SCC(=O)N3CCOCC3)n2C)cc1. The Kier molecular flexibility index (Phi) is 6.35. The molecule has 0 aliphatic carbocycles. The molecule has 2 heterocycles. The van der Waals surface area contributed by atoms with Crippen molar-refractivity contribution >= 4 is 17.7 Å². The van der Waals surface area contributed by atoms with Crippen LogP contribution < -0.4 is 9.47 Å². The van der Waals surface area contributed by atoms with Crippen LogP contribution in [0.4, 0.5) is 0 Å². The van der Waals surface area contributed by atoms with E-state index in [9.17, 15) is 4.79 Å². The first-order chi connectivity index (χ1) is 12.7. The van der Waals surface area contributed by atoms with Crippen LogP contribution in [0.3, 0.4) is 0 Å². The van der Waals surface area contributed by atoms with E-state index in [1.54, 1.807) is 7.11 Å². The molecule has 0 unspecified atom stereocenters. The number of hydrogen-bond acceptors (Lipinski definition) is 7. The average Bonchev–Trinajstić information content (AvgIpc) is 3.05. The van der Waals surface area contributed by atoms with Crippen molar-refractivity contribution in [1.29, 1.82) is 0 Å². The van der Waals surface area contributed by atoms with Crippen LogP contribution in [0.2, 0.25) is 0 Å². The van der Waals surface area contributed by atoms with Crippen molar-refractivity contribution in [1.82, 2.24) is 19.7 Å². The lowest BCUT2D eigenvalue weighted by molar-refractivity contribution is -0.132. The Bertz CT molecular complexity index is 729. The predicted molar refractivity (Wildman–Crippen MR) is 96.5 cm³/mol. The molecular formula is C17H22N4O4S. The number of carbonyl (C=O) groups is 1. The van der Waals surface area contributed by atoms with Gasteiger partial charge in [0.05, 0.1) is 26.1 Å². The Morgan fingerprint density at radius 3 is 2.58 bits per heavy atom. The molecule has 1 aromatic carbocycles. The molecule has 26 heavy (non-hydrogen) atoms. The molecule has 0 bridgehead atoms. The summed E-state index contributed by atoms with van der Waals surface area (Å²) in [6.07, 6.45) is 0. The predicted octanol–water partition coefficient (Wildman–Crippen LogP) is 1.35. The Morgan fingerprint density at radius 1 is 1.19 bits per heavy atom. The van der Waals surface area contributed by atoms with Gasteiger partial charge in [-0.3, -0.25) is 4.79 Å². The molecule has 0 N–H and O–H groups in total. The molecule has 1 fully saturated rings. The van der Waals surface area contributed by atoms with Crippen LogP contribution in [0, 0.1) is 0 Å². The first-order valence-corrected chi connectivity index (χ1v) is 9.29. The summed E-state index contributed by atoms with van der Waals surface area (Å²) < 4.78 is 18.0. The maximum Gasteiger partial charge on any atom is 0.233 e.